The highest BCUT2D eigenvalue weighted by Crippen LogP contribution is 2.23. The maximum absolute atomic E-state index is 13.0. The summed E-state index contributed by atoms with van der Waals surface area (Å²) >= 11 is 0. The van der Waals surface area contributed by atoms with Crippen LogP contribution in [0.5, 0.6) is 0 Å². The molecule has 1 saturated heterocycles. The van der Waals surface area contributed by atoms with Gasteiger partial charge in [0.05, 0.1) is 33.8 Å². The summed E-state index contributed by atoms with van der Waals surface area (Å²) < 4.78 is 27.4. The average molecular weight is 429 g/mol. The van der Waals surface area contributed by atoms with E-state index in [9.17, 15) is 13.2 Å². The quantitative estimate of drug-likeness (QED) is 0.680. The van der Waals surface area contributed by atoms with Crippen LogP contribution in [0.15, 0.2) is 23.1 Å². The van der Waals surface area contributed by atoms with Gasteiger partial charge in [-0.05, 0) is 45.9 Å². The van der Waals surface area contributed by atoms with Crippen molar-refractivity contribution in [1.29, 1.82) is 0 Å². The number of rotatable bonds is 3. The van der Waals surface area contributed by atoms with Gasteiger partial charge in [-0.1, -0.05) is 0 Å². The molecule has 1 aliphatic rings. The van der Waals surface area contributed by atoms with Crippen LogP contribution in [0.2, 0.25) is 0 Å². The Morgan fingerprint density at radius 3 is 2.17 bits per heavy atom. The van der Waals surface area contributed by atoms with E-state index in [4.69, 9.17) is 0 Å². The van der Waals surface area contributed by atoms with E-state index >= 15 is 0 Å². The highest BCUT2D eigenvalue weighted by Gasteiger charge is 2.33. The van der Waals surface area contributed by atoms with Gasteiger partial charge in [0.15, 0.2) is 0 Å². The number of hydrogen-bond acceptors (Lipinski definition) is 6. The van der Waals surface area contributed by atoms with Crippen LogP contribution < -0.4 is 0 Å². The zero-order valence-corrected chi connectivity index (χ0v) is 18.2. The summed E-state index contributed by atoms with van der Waals surface area (Å²) in [5.74, 6) is -0.135. The van der Waals surface area contributed by atoms with E-state index in [2.05, 4.69) is 20.2 Å². The van der Waals surface area contributed by atoms with Crippen molar-refractivity contribution in [1.82, 2.24) is 29.4 Å². The third-order valence-corrected chi connectivity index (χ3v) is 7.67. The van der Waals surface area contributed by atoms with Gasteiger partial charge in [0.25, 0.3) is 5.91 Å². The third-order valence-electron chi connectivity index (χ3n) is 5.51. The Bertz CT molecular complexity index is 1220. The molecule has 0 spiro atoms. The molecular weight excluding hydrogens is 404 g/mol. The van der Waals surface area contributed by atoms with Crippen molar-refractivity contribution in [2.45, 2.75) is 32.6 Å². The van der Waals surface area contributed by atoms with Crippen LogP contribution in [0.4, 0.5) is 0 Å². The molecule has 0 atom stereocenters. The number of aromatic nitrogens is 4. The lowest BCUT2D eigenvalue weighted by Gasteiger charge is -2.34. The van der Waals surface area contributed by atoms with Crippen molar-refractivity contribution < 1.29 is 13.2 Å². The maximum atomic E-state index is 13.0. The Morgan fingerprint density at radius 1 is 0.933 bits per heavy atom. The van der Waals surface area contributed by atoms with Gasteiger partial charge in [0.1, 0.15) is 4.90 Å². The minimum atomic E-state index is -3.65. The van der Waals surface area contributed by atoms with E-state index in [-0.39, 0.29) is 23.9 Å². The zero-order valence-electron chi connectivity index (χ0n) is 17.4. The standard InChI is InChI=1S/C20H24N6O3S/c1-12-13(2)22-18-11-16(5-6-17(18)21-12)20(27)25-7-9-26(10-8-25)30(28,29)19-14(3)23-24-15(19)4/h5-6,11H,7-10H2,1-4H3,(H,23,24). The Labute approximate surface area is 175 Å². The van der Waals surface area contributed by atoms with Crippen molar-refractivity contribution in [3.8, 4) is 0 Å². The van der Waals surface area contributed by atoms with E-state index in [1.54, 1.807) is 36.9 Å². The molecule has 0 unspecified atom stereocenters. The lowest BCUT2D eigenvalue weighted by molar-refractivity contribution is 0.0698. The van der Waals surface area contributed by atoms with Gasteiger partial charge in [0.2, 0.25) is 10.0 Å². The first-order chi connectivity index (χ1) is 14.2. The molecule has 1 N–H and O–H groups in total. The fourth-order valence-electron chi connectivity index (χ4n) is 3.73. The SMILES string of the molecule is Cc1nc2ccc(C(=O)N3CCN(S(=O)(=O)c4c(C)n[nH]c4C)CC3)cc2nc1C. The molecule has 4 rings (SSSR count). The van der Waals surface area contributed by atoms with Gasteiger partial charge in [-0.3, -0.25) is 9.89 Å². The second-order valence-corrected chi connectivity index (χ2v) is 9.43. The van der Waals surface area contributed by atoms with E-state index in [1.165, 1.54) is 4.31 Å². The summed E-state index contributed by atoms with van der Waals surface area (Å²) in [6, 6.07) is 5.29. The topological polar surface area (TPSA) is 112 Å². The summed E-state index contributed by atoms with van der Waals surface area (Å²) in [5.41, 5.74) is 4.62. The molecule has 3 aromatic rings. The first-order valence-electron chi connectivity index (χ1n) is 9.74. The van der Waals surface area contributed by atoms with Crippen LogP contribution in [0.25, 0.3) is 11.0 Å². The summed E-state index contributed by atoms with van der Waals surface area (Å²) in [4.78, 5) is 23.9. The molecule has 0 radical (unpaired) electrons. The van der Waals surface area contributed by atoms with Crippen molar-refractivity contribution >= 4 is 27.0 Å². The molecular formula is C20H24N6O3S. The Morgan fingerprint density at radius 2 is 1.57 bits per heavy atom. The second-order valence-electron chi connectivity index (χ2n) is 7.56. The Balaban J connectivity index is 1.51. The largest absolute Gasteiger partial charge is 0.336 e. The van der Waals surface area contributed by atoms with Crippen LogP contribution >= 0.6 is 0 Å². The van der Waals surface area contributed by atoms with Crippen molar-refractivity contribution in [2.24, 2.45) is 0 Å². The van der Waals surface area contributed by atoms with E-state index in [1.807, 2.05) is 13.8 Å². The minimum Gasteiger partial charge on any atom is -0.336 e. The molecule has 1 fully saturated rings. The molecule has 0 aliphatic carbocycles. The molecule has 0 bridgehead atoms. The molecule has 10 heteroatoms. The smallest absolute Gasteiger partial charge is 0.254 e. The van der Waals surface area contributed by atoms with Crippen molar-refractivity contribution in [3.05, 3.63) is 46.5 Å². The number of sulfonamides is 1. The molecule has 30 heavy (non-hydrogen) atoms. The molecule has 1 aliphatic heterocycles. The molecule has 1 aromatic carbocycles. The van der Waals surface area contributed by atoms with Crippen LogP contribution in [0.1, 0.15) is 33.1 Å². The Kier molecular flexibility index (Phi) is 5.07. The van der Waals surface area contributed by atoms with E-state index in [0.717, 1.165) is 16.9 Å². The van der Waals surface area contributed by atoms with Crippen LogP contribution in [-0.2, 0) is 10.0 Å². The number of carbonyl (C=O) groups excluding carboxylic acids is 1. The summed E-state index contributed by atoms with van der Waals surface area (Å²) in [5, 5.41) is 6.71. The number of nitrogens with zero attached hydrogens (tertiary/aromatic N) is 5. The lowest BCUT2D eigenvalue weighted by Crippen LogP contribution is -2.50. The zero-order chi connectivity index (χ0) is 21.6. The summed E-state index contributed by atoms with van der Waals surface area (Å²) in [7, 11) is -3.65. The molecule has 1 amide bonds. The van der Waals surface area contributed by atoms with Gasteiger partial charge >= 0.3 is 0 Å². The monoisotopic (exact) mass is 428 g/mol. The highest BCUT2D eigenvalue weighted by atomic mass is 32.2. The number of nitrogens with one attached hydrogen (secondary N) is 1. The van der Waals surface area contributed by atoms with Crippen LogP contribution in [-0.4, -0.2) is 69.9 Å². The van der Waals surface area contributed by atoms with Gasteiger partial charge in [-0.15, -0.1) is 0 Å². The first-order valence-corrected chi connectivity index (χ1v) is 11.2. The van der Waals surface area contributed by atoms with Crippen molar-refractivity contribution in [2.75, 3.05) is 26.2 Å². The van der Waals surface area contributed by atoms with Crippen molar-refractivity contribution in [3.63, 3.8) is 0 Å². The van der Waals surface area contributed by atoms with Gasteiger partial charge in [0, 0.05) is 31.7 Å². The van der Waals surface area contributed by atoms with Gasteiger partial charge in [-0.2, -0.15) is 9.40 Å². The highest BCUT2D eigenvalue weighted by molar-refractivity contribution is 7.89. The fraction of sp³-hybridized carbons (Fsp3) is 0.400. The second kappa shape index (κ2) is 7.44. The fourth-order valence-corrected chi connectivity index (χ4v) is 5.48. The third kappa shape index (κ3) is 3.46. The average Bonchev–Trinajstić information content (AvgIpc) is 3.07. The summed E-state index contributed by atoms with van der Waals surface area (Å²) in [6.45, 7) is 8.28. The maximum Gasteiger partial charge on any atom is 0.254 e. The number of hydrogen-bond donors (Lipinski definition) is 1. The lowest BCUT2D eigenvalue weighted by atomic mass is 10.1. The van der Waals surface area contributed by atoms with Crippen LogP contribution in [0, 0.1) is 27.7 Å². The molecule has 0 saturated carbocycles. The number of aromatic amines is 1. The number of piperazine rings is 1. The van der Waals surface area contributed by atoms with Gasteiger partial charge < -0.3 is 4.90 Å². The number of H-pyrrole nitrogens is 1. The molecule has 2 aromatic heterocycles. The minimum absolute atomic E-state index is 0.135. The number of fused-ring (bicyclic) bond motifs is 1. The predicted molar refractivity (Wildman–Crippen MR) is 112 cm³/mol. The summed E-state index contributed by atoms with van der Waals surface area (Å²) in [6.07, 6.45) is 0. The normalized spacial score (nSPS) is 15.7. The van der Waals surface area contributed by atoms with Crippen LogP contribution in [0.3, 0.4) is 0 Å². The Hall–Kier alpha value is -2.85. The van der Waals surface area contributed by atoms with E-state index in [0.29, 0.717) is 35.6 Å². The number of amides is 1. The number of carbonyl (C=O) groups is 1. The molecule has 9 nitrogen and oxygen atoms in total. The predicted octanol–water partition coefficient (Wildman–Crippen LogP) is 1.73. The first kappa shape index (κ1) is 20.4. The molecule has 158 valence electrons. The van der Waals surface area contributed by atoms with E-state index < -0.39 is 10.0 Å². The number of benzene rings is 1. The van der Waals surface area contributed by atoms with Gasteiger partial charge in [-0.25, -0.2) is 18.4 Å². The number of aryl methyl sites for hydroxylation is 4. The molecule has 3 heterocycles.